The van der Waals surface area contributed by atoms with E-state index in [1.807, 2.05) is 31.2 Å². The standard InChI is InChI=1S/C17H19N5O5/c1-8-2-4-9(5-3-8)20-17-21-11-14(18-7-19-15(11)26)22(17)16-13(25)12(24)10(6-23)27-16/h2-5,7,10,12-13,16,23-25H,6H2,1H3,(H,20,21)(H,18,19,26)/t10-,12+,13-,16-/m0/s1. The highest BCUT2D eigenvalue weighted by atomic mass is 16.6. The third kappa shape index (κ3) is 2.98. The Morgan fingerprint density at radius 2 is 2.00 bits per heavy atom. The SMILES string of the molecule is Cc1ccc(Nc2nc3c(=O)[nH]cnc3n2[C@H]2O[C@@H](CO)[C@@H](O)[C@@H]2O)cc1. The van der Waals surface area contributed by atoms with Gasteiger partial charge in [-0.1, -0.05) is 17.7 Å². The number of aromatic nitrogens is 4. The Morgan fingerprint density at radius 3 is 2.67 bits per heavy atom. The molecule has 4 atom stereocenters. The van der Waals surface area contributed by atoms with Crippen molar-refractivity contribution in [2.45, 2.75) is 31.5 Å². The number of anilines is 2. The molecule has 1 aromatic carbocycles. The summed E-state index contributed by atoms with van der Waals surface area (Å²) in [6.45, 7) is 1.50. The molecule has 0 radical (unpaired) electrons. The summed E-state index contributed by atoms with van der Waals surface area (Å²) in [7, 11) is 0. The summed E-state index contributed by atoms with van der Waals surface area (Å²) in [5.41, 5.74) is 1.58. The highest BCUT2D eigenvalue weighted by Crippen LogP contribution is 2.34. The van der Waals surface area contributed by atoms with Crippen LogP contribution in [0.3, 0.4) is 0 Å². The van der Waals surface area contributed by atoms with Crippen molar-refractivity contribution in [2.24, 2.45) is 0 Å². The van der Waals surface area contributed by atoms with Gasteiger partial charge in [0, 0.05) is 5.69 Å². The number of aryl methyl sites for hydroxylation is 1. The Kier molecular flexibility index (Phi) is 4.40. The summed E-state index contributed by atoms with van der Waals surface area (Å²) < 4.78 is 7.02. The zero-order valence-electron chi connectivity index (χ0n) is 14.4. The Bertz CT molecular complexity index is 1010. The molecule has 142 valence electrons. The summed E-state index contributed by atoms with van der Waals surface area (Å²) >= 11 is 0. The third-order valence-corrected chi connectivity index (χ3v) is 4.56. The summed E-state index contributed by atoms with van der Waals surface area (Å²) in [5, 5.41) is 32.9. The fourth-order valence-electron chi connectivity index (χ4n) is 3.11. The van der Waals surface area contributed by atoms with Gasteiger partial charge in [0.1, 0.15) is 18.3 Å². The molecule has 1 aliphatic rings. The van der Waals surface area contributed by atoms with Crippen molar-refractivity contribution in [3.63, 3.8) is 0 Å². The molecule has 1 aliphatic heterocycles. The van der Waals surface area contributed by atoms with Gasteiger partial charge in [-0.2, -0.15) is 0 Å². The summed E-state index contributed by atoms with van der Waals surface area (Å²) in [6, 6.07) is 7.50. The first-order valence-electron chi connectivity index (χ1n) is 8.41. The molecule has 0 bridgehead atoms. The van der Waals surface area contributed by atoms with E-state index >= 15 is 0 Å². The van der Waals surface area contributed by atoms with E-state index in [0.29, 0.717) is 5.69 Å². The fraction of sp³-hybridized carbons (Fsp3) is 0.353. The molecule has 3 heterocycles. The lowest BCUT2D eigenvalue weighted by Crippen LogP contribution is -2.33. The number of rotatable bonds is 4. The predicted molar refractivity (Wildman–Crippen MR) is 95.6 cm³/mol. The number of benzene rings is 1. The van der Waals surface area contributed by atoms with Crippen LogP contribution in [0.5, 0.6) is 0 Å². The maximum absolute atomic E-state index is 12.1. The van der Waals surface area contributed by atoms with Gasteiger partial charge in [0.25, 0.3) is 5.56 Å². The van der Waals surface area contributed by atoms with Crippen molar-refractivity contribution in [1.82, 2.24) is 19.5 Å². The first kappa shape index (κ1) is 17.6. The normalized spacial score (nSPS) is 25.2. The zero-order valence-corrected chi connectivity index (χ0v) is 14.4. The molecule has 10 nitrogen and oxygen atoms in total. The highest BCUT2D eigenvalue weighted by Gasteiger charge is 2.45. The molecule has 0 unspecified atom stereocenters. The van der Waals surface area contributed by atoms with Crippen molar-refractivity contribution in [1.29, 1.82) is 0 Å². The lowest BCUT2D eigenvalue weighted by molar-refractivity contribution is -0.0501. The molecular weight excluding hydrogens is 354 g/mol. The van der Waals surface area contributed by atoms with E-state index in [0.717, 1.165) is 5.56 Å². The average Bonchev–Trinajstić information content (AvgIpc) is 3.16. The Hall–Kier alpha value is -2.79. The molecule has 1 fully saturated rings. The van der Waals surface area contributed by atoms with Crippen LogP contribution in [0.2, 0.25) is 0 Å². The largest absolute Gasteiger partial charge is 0.394 e. The van der Waals surface area contributed by atoms with Gasteiger partial charge in [-0.15, -0.1) is 0 Å². The Labute approximate surface area is 153 Å². The number of hydrogen-bond donors (Lipinski definition) is 5. The molecule has 0 amide bonds. The monoisotopic (exact) mass is 373 g/mol. The molecule has 0 spiro atoms. The number of imidazole rings is 1. The number of nitrogens with zero attached hydrogens (tertiary/aromatic N) is 3. The molecule has 2 aromatic heterocycles. The molecule has 0 aliphatic carbocycles. The van der Waals surface area contributed by atoms with Gasteiger partial charge in [0.05, 0.1) is 12.9 Å². The van der Waals surface area contributed by atoms with E-state index in [1.54, 1.807) is 0 Å². The second kappa shape index (κ2) is 6.74. The number of aliphatic hydroxyl groups excluding tert-OH is 3. The van der Waals surface area contributed by atoms with Gasteiger partial charge in [-0.25, -0.2) is 9.97 Å². The molecule has 1 saturated heterocycles. The first-order valence-corrected chi connectivity index (χ1v) is 8.41. The van der Waals surface area contributed by atoms with Crippen molar-refractivity contribution in [2.75, 3.05) is 11.9 Å². The van der Waals surface area contributed by atoms with E-state index in [4.69, 9.17) is 4.74 Å². The zero-order chi connectivity index (χ0) is 19.1. The minimum atomic E-state index is -1.33. The number of hydrogen-bond acceptors (Lipinski definition) is 8. The predicted octanol–water partition coefficient (Wildman–Crippen LogP) is -0.217. The molecule has 5 N–H and O–H groups in total. The second-order valence-electron chi connectivity index (χ2n) is 6.43. The van der Waals surface area contributed by atoms with Crippen LogP contribution in [0, 0.1) is 6.92 Å². The minimum Gasteiger partial charge on any atom is -0.394 e. The molecule has 0 saturated carbocycles. The quantitative estimate of drug-likeness (QED) is 0.422. The lowest BCUT2D eigenvalue weighted by atomic mass is 10.1. The van der Waals surface area contributed by atoms with E-state index < -0.39 is 36.7 Å². The molecular formula is C17H19N5O5. The van der Waals surface area contributed by atoms with Gasteiger partial charge in [-0.3, -0.25) is 9.36 Å². The van der Waals surface area contributed by atoms with Crippen molar-refractivity contribution >= 4 is 22.8 Å². The summed E-state index contributed by atoms with van der Waals surface area (Å²) in [4.78, 5) is 23.0. The van der Waals surface area contributed by atoms with Crippen LogP contribution in [0.25, 0.3) is 11.2 Å². The van der Waals surface area contributed by atoms with Gasteiger partial charge >= 0.3 is 0 Å². The Morgan fingerprint density at radius 1 is 1.26 bits per heavy atom. The smallest absolute Gasteiger partial charge is 0.278 e. The van der Waals surface area contributed by atoms with Crippen LogP contribution < -0.4 is 10.9 Å². The number of aliphatic hydroxyl groups is 3. The van der Waals surface area contributed by atoms with Crippen molar-refractivity contribution in [3.8, 4) is 0 Å². The van der Waals surface area contributed by atoms with Crippen LogP contribution in [-0.4, -0.2) is 59.8 Å². The number of nitrogens with one attached hydrogen (secondary N) is 2. The number of aromatic amines is 1. The van der Waals surface area contributed by atoms with Crippen LogP contribution in [0.1, 0.15) is 11.8 Å². The van der Waals surface area contributed by atoms with E-state index in [9.17, 15) is 20.1 Å². The van der Waals surface area contributed by atoms with E-state index in [1.165, 1.54) is 10.9 Å². The fourth-order valence-corrected chi connectivity index (χ4v) is 3.11. The van der Waals surface area contributed by atoms with Crippen LogP contribution in [0.4, 0.5) is 11.6 Å². The second-order valence-corrected chi connectivity index (χ2v) is 6.43. The maximum Gasteiger partial charge on any atom is 0.278 e. The van der Waals surface area contributed by atoms with Crippen molar-refractivity contribution in [3.05, 3.63) is 46.5 Å². The van der Waals surface area contributed by atoms with Crippen molar-refractivity contribution < 1.29 is 20.1 Å². The third-order valence-electron chi connectivity index (χ3n) is 4.56. The van der Waals surface area contributed by atoms with E-state index in [-0.39, 0.29) is 17.1 Å². The number of H-pyrrole nitrogens is 1. The van der Waals surface area contributed by atoms with Crippen LogP contribution in [-0.2, 0) is 4.74 Å². The first-order chi connectivity index (χ1) is 13.0. The minimum absolute atomic E-state index is 0.0600. The Balaban J connectivity index is 1.83. The average molecular weight is 373 g/mol. The topological polar surface area (TPSA) is 146 Å². The summed E-state index contributed by atoms with van der Waals surface area (Å²) in [5.74, 6) is 0.216. The van der Waals surface area contributed by atoms with Gasteiger partial charge in [0.15, 0.2) is 17.4 Å². The van der Waals surface area contributed by atoms with E-state index in [2.05, 4.69) is 20.3 Å². The lowest BCUT2D eigenvalue weighted by Gasteiger charge is -2.19. The number of fused-ring (bicyclic) bond motifs is 1. The van der Waals surface area contributed by atoms with Gasteiger partial charge < -0.3 is 30.4 Å². The number of ether oxygens (including phenoxy) is 1. The highest BCUT2D eigenvalue weighted by molar-refractivity contribution is 5.75. The maximum atomic E-state index is 12.1. The summed E-state index contributed by atoms with van der Waals surface area (Å²) in [6.07, 6.45) is -3.44. The molecule has 27 heavy (non-hydrogen) atoms. The molecule has 4 rings (SSSR count). The molecule has 3 aromatic rings. The van der Waals surface area contributed by atoms with Gasteiger partial charge in [0.2, 0.25) is 5.95 Å². The molecule has 10 heteroatoms. The van der Waals surface area contributed by atoms with Crippen LogP contribution >= 0.6 is 0 Å². The van der Waals surface area contributed by atoms with Gasteiger partial charge in [-0.05, 0) is 19.1 Å². The van der Waals surface area contributed by atoms with Crippen LogP contribution in [0.15, 0.2) is 35.4 Å².